The predicted octanol–water partition coefficient (Wildman–Crippen LogP) is 2.38. The SMILES string of the molecule is COC(CC(C)=CCO)CC(C)C. The van der Waals surface area contributed by atoms with Gasteiger partial charge in [-0.25, -0.2) is 0 Å². The van der Waals surface area contributed by atoms with Crippen LogP contribution in [0.25, 0.3) is 0 Å². The van der Waals surface area contributed by atoms with Crippen molar-refractivity contribution >= 4 is 0 Å². The van der Waals surface area contributed by atoms with Gasteiger partial charge in [-0.2, -0.15) is 0 Å². The average molecular weight is 186 g/mol. The van der Waals surface area contributed by atoms with Crippen molar-refractivity contribution in [3.63, 3.8) is 0 Å². The van der Waals surface area contributed by atoms with Crippen molar-refractivity contribution in [1.29, 1.82) is 0 Å². The fourth-order valence-corrected chi connectivity index (χ4v) is 1.39. The monoisotopic (exact) mass is 186 g/mol. The third-order valence-electron chi connectivity index (χ3n) is 2.06. The average Bonchev–Trinajstić information content (AvgIpc) is 2.02. The fourth-order valence-electron chi connectivity index (χ4n) is 1.39. The van der Waals surface area contributed by atoms with Crippen LogP contribution in [0.15, 0.2) is 11.6 Å². The first-order valence-corrected chi connectivity index (χ1v) is 4.89. The highest BCUT2D eigenvalue weighted by Gasteiger charge is 2.09. The van der Waals surface area contributed by atoms with Gasteiger partial charge in [0.05, 0.1) is 12.7 Å². The Bertz CT molecular complexity index is 150. The molecule has 0 fully saturated rings. The number of ether oxygens (including phenoxy) is 1. The molecule has 1 unspecified atom stereocenters. The Hall–Kier alpha value is -0.340. The van der Waals surface area contributed by atoms with Crippen LogP contribution in [-0.2, 0) is 4.74 Å². The Morgan fingerprint density at radius 1 is 1.46 bits per heavy atom. The molecular weight excluding hydrogens is 164 g/mol. The molecule has 2 nitrogen and oxygen atoms in total. The standard InChI is InChI=1S/C11H22O2/c1-9(2)7-11(13-4)8-10(3)5-6-12/h5,9,11-12H,6-8H2,1-4H3. The van der Waals surface area contributed by atoms with Gasteiger partial charge >= 0.3 is 0 Å². The molecule has 2 heteroatoms. The summed E-state index contributed by atoms with van der Waals surface area (Å²) in [6.45, 7) is 6.54. The number of hydrogen-bond donors (Lipinski definition) is 1. The third kappa shape index (κ3) is 6.79. The first-order valence-electron chi connectivity index (χ1n) is 4.89. The van der Waals surface area contributed by atoms with Gasteiger partial charge in [0.1, 0.15) is 0 Å². The second-order valence-electron chi connectivity index (χ2n) is 3.92. The lowest BCUT2D eigenvalue weighted by atomic mass is 10.00. The highest BCUT2D eigenvalue weighted by atomic mass is 16.5. The van der Waals surface area contributed by atoms with Gasteiger partial charge in [0.25, 0.3) is 0 Å². The Kier molecular flexibility index (Phi) is 6.92. The van der Waals surface area contributed by atoms with Gasteiger partial charge in [0.2, 0.25) is 0 Å². The molecule has 78 valence electrons. The van der Waals surface area contributed by atoms with Crippen LogP contribution in [0.5, 0.6) is 0 Å². The number of rotatable bonds is 6. The molecule has 1 N–H and O–H groups in total. The minimum Gasteiger partial charge on any atom is -0.392 e. The Balaban J connectivity index is 3.90. The van der Waals surface area contributed by atoms with Gasteiger partial charge in [0.15, 0.2) is 0 Å². The first-order chi connectivity index (χ1) is 6.10. The quantitative estimate of drug-likeness (QED) is 0.645. The summed E-state index contributed by atoms with van der Waals surface area (Å²) in [4.78, 5) is 0. The lowest BCUT2D eigenvalue weighted by molar-refractivity contribution is 0.0846. The summed E-state index contributed by atoms with van der Waals surface area (Å²) >= 11 is 0. The van der Waals surface area contributed by atoms with E-state index >= 15 is 0 Å². The van der Waals surface area contributed by atoms with Crippen molar-refractivity contribution in [2.45, 2.75) is 39.7 Å². The minimum absolute atomic E-state index is 0.129. The summed E-state index contributed by atoms with van der Waals surface area (Å²) in [6, 6.07) is 0. The summed E-state index contributed by atoms with van der Waals surface area (Å²) in [7, 11) is 1.75. The molecule has 0 saturated heterocycles. The van der Waals surface area contributed by atoms with Crippen LogP contribution in [0.2, 0.25) is 0 Å². The van der Waals surface area contributed by atoms with Crippen molar-refractivity contribution in [2.24, 2.45) is 5.92 Å². The second kappa shape index (κ2) is 7.10. The smallest absolute Gasteiger partial charge is 0.0614 e. The maximum atomic E-state index is 8.69. The van der Waals surface area contributed by atoms with Crippen LogP contribution in [0.4, 0.5) is 0 Å². The van der Waals surface area contributed by atoms with E-state index in [4.69, 9.17) is 9.84 Å². The molecule has 0 aliphatic rings. The summed E-state index contributed by atoms with van der Waals surface area (Å²) in [6.07, 6.45) is 4.14. The van der Waals surface area contributed by atoms with E-state index in [2.05, 4.69) is 13.8 Å². The Morgan fingerprint density at radius 3 is 2.46 bits per heavy atom. The van der Waals surface area contributed by atoms with Crippen LogP contribution < -0.4 is 0 Å². The second-order valence-corrected chi connectivity index (χ2v) is 3.92. The maximum absolute atomic E-state index is 8.69. The van der Waals surface area contributed by atoms with E-state index in [1.165, 1.54) is 5.57 Å². The van der Waals surface area contributed by atoms with Gasteiger partial charge in [0, 0.05) is 7.11 Å². The zero-order valence-corrected chi connectivity index (χ0v) is 9.21. The molecule has 0 spiro atoms. The molecule has 0 bridgehead atoms. The van der Waals surface area contributed by atoms with Gasteiger partial charge in [-0.15, -0.1) is 0 Å². The van der Waals surface area contributed by atoms with Crippen molar-refractivity contribution in [2.75, 3.05) is 13.7 Å². The highest BCUT2D eigenvalue weighted by molar-refractivity contribution is 4.99. The molecule has 0 aliphatic carbocycles. The van der Waals surface area contributed by atoms with Crippen molar-refractivity contribution in [3.05, 3.63) is 11.6 Å². The van der Waals surface area contributed by atoms with Crippen molar-refractivity contribution in [1.82, 2.24) is 0 Å². The lowest BCUT2D eigenvalue weighted by Crippen LogP contribution is -2.14. The molecule has 0 aliphatic heterocycles. The van der Waals surface area contributed by atoms with E-state index in [0.29, 0.717) is 12.0 Å². The molecule has 0 aromatic carbocycles. The van der Waals surface area contributed by atoms with E-state index in [0.717, 1.165) is 12.8 Å². The van der Waals surface area contributed by atoms with Crippen LogP contribution >= 0.6 is 0 Å². The van der Waals surface area contributed by atoms with E-state index < -0.39 is 0 Å². The van der Waals surface area contributed by atoms with Crippen LogP contribution in [0.1, 0.15) is 33.6 Å². The van der Waals surface area contributed by atoms with Gasteiger partial charge in [-0.05, 0) is 25.7 Å². The molecule has 1 atom stereocenters. The number of aliphatic hydroxyl groups excluding tert-OH is 1. The number of aliphatic hydroxyl groups is 1. The van der Waals surface area contributed by atoms with Gasteiger partial charge in [-0.3, -0.25) is 0 Å². The summed E-state index contributed by atoms with van der Waals surface area (Å²) in [5.74, 6) is 0.659. The third-order valence-corrected chi connectivity index (χ3v) is 2.06. The summed E-state index contributed by atoms with van der Waals surface area (Å²) < 4.78 is 5.36. The molecule has 0 aromatic rings. The molecular formula is C11H22O2. The predicted molar refractivity (Wildman–Crippen MR) is 55.7 cm³/mol. The first kappa shape index (κ1) is 12.7. The fraction of sp³-hybridized carbons (Fsp3) is 0.818. The van der Waals surface area contributed by atoms with Gasteiger partial charge < -0.3 is 9.84 Å². The van der Waals surface area contributed by atoms with Crippen LogP contribution in [0, 0.1) is 5.92 Å². The summed E-state index contributed by atoms with van der Waals surface area (Å²) in [5, 5.41) is 8.69. The van der Waals surface area contributed by atoms with E-state index in [-0.39, 0.29) is 6.61 Å². The molecule has 13 heavy (non-hydrogen) atoms. The van der Waals surface area contributed by atoms with Crippen molar-refractivity contribution in [3.8, 4) is 0 Å². The Morgan fingerprint density at radius 2 is 2.08 bits per heavy atom. The minimum atomic E-state index is 0.129. The number of methoxy groups -OCH3 is 1. The molecule has 0 heterocycles. The molecule has 0 rings (SSSR count). The van der Waals surface area contributed by atoms with E-state index in [1.807, 2.05) is 13.0 Å². The van der Waals surface area contributed by atoms with E-state index in [9.17, 15) is 0 Å². The molecule has 0 radical (unpaired) electrons. The van der Waals surface area contributed by atoms with Crippen LogP contribution in [0.3, 0.4) is 0 Å². The topological polar surface area (TPSA) is 29.5 Å². The zero-order valence-electron chi connectivity index (χ0n) is 9.21. The molecule has 0 amide bonds. The van der Waals surface area contributed by atoms with Crippen molar-refractivity contribution < 1.29 is 9.84 Å². The maximum Gasteiger partial charge on any atom is 0.0614 e. The van der Waals surface area contributed by atoms with E-state index in [1.54, 1.807) is 7.11 Å². The molecule has 0 aromatic heterocycles. The number of hydrogen-bond acceptors (Lipinski definition) is 2. The van der Waals surface area contributed by atoms with Crippen LogP contribution in [-0.4, -0.2) is 24.9 Å². The largest absolute Gasteiger partial charge is 0.392 e. The Labute approximate surface area is 81.6 Å². The van der Waals surface area contributed by atoms with Gasteiger partial charge in [-0.1, -0.05) is 25.5 Å². The molecule has 0 saturated carbocycles. The zero-order chi connectivity index (χ0) is 10.3. The summed E-state index contributed by atoms with van der Waals surface area (Å²) in [5.41, 5.74) is 1.20. The normalized spacial score (nSPS) is 15.1. The lowest BCUT2D eigenvalue weighted by Gasteiger charge is -2.17. The highest BCUT2D eigenvalue weighted by Crippen LogP contribution is 2.15.